The number of rotatable bonds is 6. The predicted octanol–water partition coefficient (Wildman–Crippen LogP) is 4.45. The van der Waals surface area contributed by atoms with E-state index in [2.05, 4.69) is 20.6 Å². The Bertz CT molecular complexity index is 1070. The van der Waals surface area contributed by atoms with Gasteiger partial charge in [0.15, 0.2) is 0 Å². The van der Waals surface area contributed by atoms with Crippen molar-refractivity contribution >= 4 is 29.2 Å². The van der Waals surface area contributed by atoms with Crippen molar-refractivity contribution in [2.75, 3.05) is 17.2 Å². The molecule has 7 heteroatoms. The first kappa shape index (κ1) is 18.7. The molecule has 1 unspecified atom stereocenters. The Kier molecular flexibility index (Phi) is 5.29. The number of carbonyl (C=O) groups is 1. The van der Waals surface area contributed by atoms with Gasteiger partial charge in [-0.15, -0.1) is 0 Å². The van der Waals surface area contributed by atoms with E-state index in [1.165, 1.54) is 24.4 Å². The van der Waals surface area contributed by atoms with Gasteiger partial charge >= 0.3 is 0 Å². The molecule has 0 spiro atoms. The second kappa shape index (κ2) is 8.18. The van der Waals surface area contributed by atoms with Crippen LogP contribution in [0.1, 0.15) is 17.2 Å². The van der Waals surface area contributed by atoms with Crippen LogP contribution in [-0.2, 0) is 11.2 Å². The van der Waals surface area contributed by atoms with Gasteiger partial charge in [-0.1, -0.05) is 12.1 Å². The van der Waals surface area contributed by atoms with Crippen molar-refractivity contribution in [1.29, 1.82) is 0 Å². The van der Waals surface area contributed by atoms with Crippen molar-refractivity contribution < 1.29 is 13.6 Å². The summed E-state index contributed by atoms with van der Waals surface area (Å²) in [7, 11) is 0. The maximum absolute atomic E-state index is 14.4. The molecule has 0 saturated heterocycles. The van der Waals surface area contributed by atoms with E-state index in [0.29, 0.717) is 30.0 Å². The third-order valence-corrected chi connectivity index (χ3v) is 4.65. The molecule has 5 nitrogen and oxygen atoms in total. The monoisotopic (exact) mass is 392 g/mol. The minimum Gasteiger partial charge on any atom is -0.382 e. The van der Waals surface area contributed by atoms with Crippen LogP contribution in [0.5, 0.6) is 0 Å². The molecule has 1 atom stereocenters. The molecule has 0 saturated carbocycles. The lowest BCUT2D eigenvalue weighted by Crippen LogP contribution is -2.13. The molecule has 1 aliphatic heterocycles. The Morgan fingerprint density at radius 2 is 2.00 bits per heavy atom. The first-order valence-corrected chi connectivity index (χ1v) is 9.18. The number of hydrogen-bond donors (Lipinski definition) is 2. The molecule has 1 aromatic heterocycles. The van der Waals surface area contributed by atoms with Gasteiger partial charge in [0.1, 0.15) is 17.6 Å². The number of amides is 1. The summed E-state index contributed by atoms with van der Waals surface area (Å²) in [6.07, 6.45) is 3.73. The smallest absolute Gasteiger partial charge is 0.237 e. The molecule has 1 amide bonds. The number of nitrogens with zero attached hydrogens (tertiary/aromatic N) is 2. The number of carbonyl (C=O) groups excluding carboxylic acids is 1. The molecule has 0 bridgehead atoms. The van der Waals surface area contributed by atoms with Gasteiger partial charge in [0, 0.05) is 48.4 Å². The van der Waals surface area contributed by atoms with Crippen LogP contribution in [0.3, 0.4) is 0 Å². The molecule has 2 N–H and O–H groups in total. The number of fused-ring (bicyclic) bond motifs is 1. The van der Waals surface area contributed by atoms with E-state index in [-0.39, 0.29) is 11.5 Å². The van der Waals surface area contributed by atoms with Crippen molar-refractivity contribution in [2.24, 2.45) is 4.99 Å². The zero-order valence-electron chi connectivity index (χ0n) is 15.4. The molecular formula is C22H18F2N4O. The third kappa shape index (κ3) is 4.13. The van der Waals surface area contributed by atoms with Crippen LogP contribution < -0.4 is 10.6 Å². The van der Waals surface area contributed by atoms with Gasteiger partial charge in [-0.3, -0.25) is 14.8 Å². The first-order valence-electron chi connectivity index (χ1n) is 9.18. The lowest BCUT2D eigenvalue weighted by Gasteiger charge is -2.08. The van der Waals surface area contributed by atoms with Gasteiger partial charge in [0.2, 0.25) is 5.91 Å². The highest BCUT2D eigenvalue weighted by Gasteiger charge is 2.31. The van der Waals surface area contributed by atoms with E-state index in [1.807, 2.05) is 18.2 Å². The van der Waals surface area contributed by atoms with E-state index in [0.717, 1.165) is 5.69 Å². The van der Waals surface area contributed by atoms with E-state index in [9.17, 15) is 13.6 Å². The van der Waals surface area contributed by atoms with Crippen LogP contribution >= 0.6 is 0 Å². The molecule has 1 aliphatic rings. The van der Waals surface area contributed by atoms with E-state index in [4.69, 9.17) is 0 Å². The summed E-state index contributed by atoms with van der Waals surface area (Å²) in [5.74, 6) is -2.13. The number of aliphatic imine (C=N–C) groups is 1. The largest absolute Gasteiger partial charge is 0.382 e. The maximum Gasteiger partial charge on any atom is 0.237 e. The minimum atomic E-state index is -0.842. The van der Waals surface area contributed by atoms with E-state index >= 15 is 0 Å². The van der Waals surface area contributed by atoms with E-state index in [1.54, 1.807) is 24.4 Å². The molecule has 0 aliphatic carbocycles. The normalized spacial score (nSPS) is 15.4. The summed E-state index contributed by atoms with van der Waals surface area (Å²) >= 11 is 0. The number of halogens is 2. The summed E-state index contributed by atoms with van der Waals surface area (Å²) < 4.78 is 28.4. The van der Waals surface area contributed by atoms with Crippen LogP contribution in [0.15, 0.2) is 65.8 Å². The van der Waals surface area contributed by atoms with Crippen LogP contribution in [0.25, 0.3) is 0 Å². The first-order chi connectivity index (χ1) is 14.1. The maximum atomic E-state index is 14.4. The van der Waals surface area contributed by atoms with Gasteiger partial charge in [0.05, 0.1) is 11.4 Å². The van der Waals surface area contributed by atoms with Gasteiger partial charge in [0.25, 0.3) is 0 Å². The zero-order valence-corrected chi connectivity index (χ0v) is 15.4. The number of benzene rings is 2. The number of anilines is 2. The topological polar surface area (TPSA) is 66.4 Å². The fourth-order valence-corrected chi connectivity index (χ4v) is 3.21. The van der Waals surface area contributed by atoms with E-state index < -0.39 is 17.6 Å². The molecule has 2 aromatic carbocycles. The average molecular weight is 392 g/mol. The summed E-state index contributed by atoms with van der Waals surface area (Å²) in [4.78, 5) is 20.5. The van der Waals surface area contributed by atoms with Crippen molar-refractivity contribution in [1.82, 2.24) is 4.98 Å². The van der Waals surface area contributed by atoms with Crippen molar-refractivity contribution in [3.05, 3.63) is 83.7 Å². The lowest BCUT2D eigenvalue weighted by atomic mass is 10.0. The van der Waals surface area contributed by atoms with Crippen molar-refractivity contribution in [3.8, 4) is 0 Å². The third-order valence-electron chi connectivity index (χ3n) is 4.65. The SMILES string of the molecule is O=C1Nc2cccc(F)c2C1C=Nc1ccc(NCCc2ccccn2)c(F)c1. The van der Waals surface area contributed by atoms with Gasteiger partial charge in [-0.2, -0.15) is 0 Å². The van der Waals surface area contributed by atoms with Crippen LogP contribution in [0.2, 0.25) is 0 Å². The summed E-state index contributed by atoms with van der Waals surface area (Å²) in [5, 5.41) is 5.66. The second-order valence-corrected chi connectivity index (χ2v) is 6.61. The van der Waals surface area contributed by atoms with Crippen LogP contribution in [-0.4, -0.2) is 23.7 Å². The molecule has 29 heavy (non-hydrogen) atoms. The van der Waals surface area contributed by atoms with Gasteiger partial charge in [-0.25, -0.2) is 8.78 Å². The second-order valence-electron chi connectivity index (χ2n) is 6.61. The molecular weight excluding hydrogens is 374 g/mol. The quantitative estimate of drug-likeness (QED) is 0.609. The summed E-state index contributed by atoms with van der Waals surface area (Å²) in [5.41, 5.74) is 2.31. The highest BCUT2D eigenvalue weighted by atomic mass is 19.1. The zero-order chi connectivity index (χ0) is 20.2. The number of pyridine rings is 1. The standard InChI is InChI=1S/C22H18F2N4O/c23-17-5-3-6-20-21(17)16(22(29)28-20)13-27-15-7-8-19(18(24)12-15)26-11-9-14-4-1-2-10-25-14/h1-8,10,12-13,16,26H,9,11H2,(H,28,29). The Labute approximate surface area is 166 Å². The molecule has 3 aromatic rings. The van der Waals surface area contributed by atoms with Crippen LogP contribution in [0.4, 0.5) is 25.8 Å². The van der Waals surface area contributed by atoms with Gasteiger partial charge < -0.3 is 10.6 Å². The Morgan fingerprint density at radius 1 is 1.10 bits per heavy atom. The van der Waals surface area contributed by atoms with Gasteiger partial charge in [-0.05, 0) is 36.4 Å². The average Bonchev–Trinajstić information content (AvgIpc) is 3.05. The summed E-state index contributed by atoms with van der Waals surface area (Å²) in [6, 6.07) is 14.6. The predicted molar refractivity (Wildman–Crippen MR) is 109 cm³/mol. The molecule has 146 valence electrons. The number of nitrogens with one attached hydrogen (secondary N) is 2. The summed E-state index contributed by atoms with van der Waals surface area (Å²) in [6.45, 7) is 0.537. The number of hydrogen-bond acceptors (Lipinski definition) is 4. The fourth-order valence-electron chi connectivity index (χ4n) is 3.21. The Hall–Kier alpha value is -3.61. The molecule has 0 radical (unpaired) electrons. The molecule has 4 rings (SSSR count). The Balaban J connectivity index is 1.43. The highest BCUT2D eigenvalue weighted by Crippen LogP contribution is 2.34. The molecule has 0 fully saturated rings. The fraction of sp³-hybridized carbons (Fsp3) is 0.136. The van der Waals surface area contributed by atoms with Crippen molar-refractivity contribution in [2.45, 2.75) is 12.3 Å². The molecule has 2 heterocycles. The van der Waals surface area contributed by atoms with Crippen molar-refractivity contribution in [3.63, 3.8) is 0 Å². The van der Waals surface area contributed by atoms with Crippen LogP contribution in [0, 0.1) is 11.6 Å². The Morgan fingerprint density at radius 3 is 2.79 bits per heavy atom. The lowest BCUT2D eigenvalue weighted by molar-refractivity contribution is -0.115. The highest BCUT2D eigenvalue weighted by molar-refractivity contribution is 6.12. The minimum absolute atomic E-state index is 0.259. The number of aromatic nitrogens is 1.